The Morgan fingerprint density at radius 2 is 1.76 bits per heavy atom. The Morgan fingerprint density at radius 3 is 2.48 bits per heavy atom. The van der Waals surface area contributed by atoms with Gasteiger partial charge in [-0.15, -0.1) is 0 Å². The highest BCUT2D eigenvalue weighted by atomic mass is 16.2. The maximum Gasteiger partial charge on any atom is 0.254 e. The summed E-state index contributed by atoms with van der Waals surface area (Å²) in [6.07, 6.45) is 1.87. The molecule has 126 valence electrons. The second-order valence-corrected chi connectivity index (χ2v) is 6.04. The van der Waals surface area contributed by atoms with E-state index in [0.717, 1.165) is 18.4 Å². The van der Waals surface area contributed by atoms with Crippen molar-refractivity contribution in [3.05, 3.63) is 65.7 Å². The van der Waals surface area contributed by atoms with Crippen LogP contribution in [-0.4, -0.2) is 25.4 Å². The molecule has 1 aliphatic rings. The number of amides is 2. The minimum atomic E-state index is -0.228. The number of hydrogen-bond acceptors (Lipinski definition) is 2. The lowest BCUT2D eigenvalue weighted by molar-refractivity contribution is -0.119. The van der Waals surface area contributed by atoms with Gasteiger partial charge in [0.25, 0.3) is 5.91 Å². The minimum Gasteiger partial charge on any atom is -0.341 e. The molecule has 0 saturated heterocycles. The average Bonchev–Trinajstić information content (AvgIpc) is 3.50. The van der Waals surface area contributed by atoms with Crippen LogP contribution in [-0.2, 0) is 4.79 Å². The number of anilines is 1. The van der Waals surface area contributed by atoms with Crippen LogP contribution in [0.15, 0.2) is 54.6 Å². The van der Waals surface area contributed by atoms with Crippen molar-refractivity contribution in [2.24, 2.45) is 5.92 Å². The zero-order valence-electron chi connectivity index (χ0n) is 14.2. The Bertz CT molecular complexity index is 830. The molecule has 1 saturated carbocycles. The van der Waals surface area contributed by atoms with E-state index >= 15 is 0 Å². The van der Waals surface area contributed by atoms with Gasteiger partial charge in [0.05, 0.1) is 17.8 Å². The number of carbonyl (C=O) groups excluding carboxylic acids is 2. The van der Waals surface area contributed by atoms with Crippen LogP contribution in [0.2, 0.25) is 0 Å². The topological polar surface area (TPSA) is 49.4 Å². The highest BCUT2D eigenvalue weighted by Crippen LogP contribution is 2.33. The fraction of sp³-hybridized carbons (Fsp3) is 0.238. The summed E-state index contributed by atoms with van der Waals surface area (Å²) in [4.78, 5) is 26.3. The van der Waals surface area contributed by atoms with Gasteiger partial charge in [-0.05, 0) is 37.1 Å². The second kappa shape index (κ2) is 7.67. The Balaban J connectivity index is 1.66. The Hall–Kier alpha value is -3.06. The van der Waals surface area contributed by atoms with Crippen LogP contribution in [0.4, 0.5) is 5.69 Å². The molecule has 2 aromatic carbocycles. The highest BCUT2D eigenvalue weighted by Gasteiger charge is 2.33. The van der Waals surface area contributed by atoms with Crippen molar-refractivity contribution in [1.82, 2.24) is 5.32 Å². The minimum absolute atomic E-state index is 0.0733. The van der Waals surface area contributed by atoms with Crippen LogP contribution in [0, 0.1) is 17.8 Å². The lowest BCUT2D eigenvalue weighted by atomic mass is 10.1. The van der Waals surface area contributed by atoms with Crippen molar-refractivity contribution in [2.75, 3.05) is 18.5 Å². The average molecular weight is 332 g/mol. The summed E-state index contributed by atoms with van der Waals surface area (Å²) in [6, 6.07) is 16.8. The predicted octanol–water partition coefficient (Wildman–Crippen LogP) is 2.84. The third-order valence-electron chi connectivity index (χ3n) is 4.11. The summed E-state index contributed by atoms with van der Waals surface area (Å²) in [7, 11) is 1.72. The first kappa shape index (κ1) is 16.8. The zero-order valence-corrected chi connectivity index (χ0v) is 14.2. The van der Waals surface area contributed by atoms with Crippen molar-refractivity contribution in [3.63, 3.8) is 0 Å². The molecule has 1 N–H and O–H groups in total. The number of rotatable bonds is 4. The van der Waals surface area contributed by atoms with Crippen LogP contribution < -0.4 is 10.2 Å². The van der Waals surface area contributed by atoms with Gasteiger partial charge in [-0.1, -0.05) is 42.2 Å². The van der Waals surface area contributed by atoms with Gasteiger partial charge >= 0.3 is 0 Å². The van der Waals surface area contributed by atoms with Crippen molar-refractivity contribution in [1.29, 1.82) is 0 Å². The van der Waals surface area contributed by atoms with Gasteiger partial charge in [0.1, 0.15) is 0 Å². The molecule has 2 aromatic rings. The van der Waals surface area contributed by atoms with Gasteiger partial charge in [-0.2, -0.15) is 0 Å². The predicted molar refractivity (Wildman–Crippen MR) is 98.2 cm³/mol. The second-order valence-electron chi connectivity index (χ2n) is 6.04. The highest BCUT2D eigenvalue weighted by molar-refractivity contribution is 6.05. The van der Waals surface area contributed by atoms with Gasteiger partial charge in [-0.25, -0.2) is 0 Å². The molecule has 3 rings (SSSR count). The monoisotopic (exact) mass is 332 g/mol. The lowest BCUT2D eigenvalue weighted by Gasteiger charge is -2.20. The van der Waals surface area contributed by atoms with Crippen LogP contribution in [0.1, 0.15) is 28.8 Å². The number of hydrogen-bond donors (Lipinski definition) is 1. The third-order valence-corrected chi connectivity index (χ3v) is 4.11. The van der Waals surface area contributed by atoms with E-state index in [-0.39, 0.29) is 24.3 Å². The molecule has 0 spiro atoms. The summed E-state index contributed by atoms with van der Waals surface area (Å²) in [5, 5.41) is 2.80. The van der Waals surface area contributed by atoms with Crippen LogP contribution in [0.5, 0.6) is 0 Å². The Morgan fingerprint density at radius 1 is 1.08 bits per heavy atom. The zero-order chi connectivity index (χ0) is 17.6. The molecule has 0 heterocycles. The number of carbonyl (C=O) groups is 2. The van der Waals surface area contributed by atoms with Crippen LogP contribution in [0.3, 0.4) is 0 Å². The first-order valence-electron chi connectivity index (χ1n) is 8.35. The van der Waals surface area contributed by atoms with Gasteiger partial charge in [0.15, 0.2) is 0 Å². The molecule has 1 fully saturated rings. The van der Waals surface area contributed by atoms with Gasteiger partial charge in [0.2, 0.25) is 5.91 Å². The summed E-state index contributed by atoms with van der Waals surface area (Å²) >= 11 is 0. The van der Waals surface area contributed by atoms with Crippen LogP contribution in [0.25, 0.3) is 0 Å². The number of nitrogens with one attached hydrogen (secondary N) is 1. The van der Waals surface area contributed by atoms with Gasteiger partial charge in [0, 0.05) is 18.5 Å². The van der Waals surface area contributed by atoms with E-state index in [0.29, 0.717) is 11.3 Å². The fourth-order valence-corrected chi connectivity index (χ4v) is 2.57. The largest absolute Gasteiger partial charge is 0.341 e. The van der Waals surface area contributed by atoms with Crippen molar-refractivity contribution in [2.45, 2.75) is 12.8 Å². The molecule has 0 aliphatic heterocycles. The molecule has 2 amide bonds. The molecule has 0 aromatic heterocycles. The van der Waals surface area contributed by atoms with Gasteiger partial charge in [-0.3, -0.25) is 9.59 Å². The standard InChI is InChI=1S/C21H20N2O2/c1-23(21(25)17-13-14-17)19-12-6-5-11-18(19)20(24)22-15-7-10-16-8-3-2-4-9-16/h2-6,8-9,11-12,17H,13-15H2,1H3,(H,22,24). The molecule has 0 unspecified atom stereocenters. The summed E-state index contributed by atoms with van der Waals surface area (Å²) < 4.78 is 0. The molecule has 0 bridgehead atoms. The first-order chi connectivity index (χ1) is 12.2. The summed E-state index contributed by atoms with van der Waals surface area (Å²) in [5.41, 5.74) is 2.03. The van der Waals surface area contributed by atoms with E-state index in [9.17, 15) is 9.59 Å². The first-order valence-corrected chi connectivity index (χ1v) is 8.35. The van der Waals surface area contributed by atoms with E-state index in [1.807, 2.05) is 36.4 Å². The molecule has 4 nitrogen and oxygen atoms in total. The summed E-state index contributed by atoms with van der Waals surface area (Å²) in [5.74, 6) is 5.89. The van der Waals surface area contributed by atoms with E-state index in [1.54, 1.807) is 30.1 Å². The van der Waals surface area contributed by atoms with E-state index in [4.69, 9.17) is 0 Å². The molecular formula is C21H20N2O2. The number of para-hydroxylation sites is 1. The van der Waals surface area contributed by atoms with E-state index in [1.165, 1.54) is 0 Å². The maximum absolute atomic E-state index is 12.5. The quantitative estimate of drug-likeness (QED) is 0.875. The molecular weight excluding hydrogens is 312 g/mol. The van der Waals surface area contributed by atoms with E-state index < -0.39 is 0 Å². The smallest absolute Gasteiger partial charge is 0.254 e. The molecule has 0 atom stereocenters. The van der Waals surface area contributed by atoms with E-state index in [2.05, 4.69) is 17.2 Å². The number of benzene rings is 2. The Labute approximate surface area is 147 Å². The van der Waals surface area contributed by atoms with Crippen LogP contribution >= 0.6 is 0 Å². The van der Waals surface area contributed by atoms with Crippen molar-refractivity contribution in [3.8, 4) is 11.8 Å². The molecule has 25 heavy (non-hydrogen) atoms. The maximum atomic E-state index is 12.5. The lowest BCUT2D eigenvalue weighted by Crippen LogP contribution is -2.31. The SMILES string of the molecule is CN(C(=O)C1CC1)c1ccccc1C(=O)NCC#Cc1ccccc1. The Kier molecular flexibility index (Phi) is 5.15. The van der Waals surface area contributed by atoms with Crippen molar-refractivity contribution >= 4 is 17.5 Å². The van der Waals surface area contributed by atoms with Crippen molar-refractivity contribution < 1.29 is 9.59 Å². The summed E-state index contributed by atoms with van der Waals surface area (Å²) in [6.45, 7) is 0.252. The molecule has 0 radical (unpaired) electrons. The molecule has 4 heteroatoms. The molecule has 1 aliphatic carbocycles. The van der Waals surface area contributed by atoms with Gasteiger partial charge < -0.3 is 10.2 Å². The third kappa shape index (κ3) is 4.27. The fourth-order valence-electron chi connectivity index (χ4n) is 2.57. The normalized spacial score (nSPS) is 12.7. The number of nitrogens with zero attached hydrogens (tertiary/aromatic N) is 1.